The molecule has 70 valence electrons. The molecular formula is C10H13NO2. The van der Waals surface area contributed by atoms with Crippen molar-refractivity contribution in [3.63, 3.8) is 0 Å². The second kappa shape index (κ2) is 3.21. The fourth-order valence-electron chi connectivity index (χ4n) is 1.60. The minimum Gasteiger partial charge on any atom is -0.501 e. The first-order chi connectivity index (χ1) is 6.01. The van der Waals surface area contributed by atoms with E-state index in [1.165, 1.54) is 6.08 Å². The quantitative estimate of drug-likeness (QED) is 0.615. The minimum absolute atomic E-state index is 0.143. The molecule has 3 heteroatoms. The van der Waals surface area contributed by atoms with Gasteiger partial charge in [-0.15, -0.1) is 0 Å². The smallest absolute Gasteiger partial charge is 0.176 e. The highest BCUT2D eigenvalue weighted by Crippen LogP contribution is 2.38. The number of allylic oxidation sites excluding steroid dienone is 2. The van der Waals surface area contributed by atoms with Gasteiger partial charge in [0.2, 0.25) is 0 Å². The number of nitriles is 1. The van der Waals surface area contributed by atoms with Gasteiger partial charge in [-0.05, 0) is 5.41 Å². The lowest BCUT2D eigenvalue weighted by atomic mass is 9.71. The normalized spacial score (nSPS) is 26.2. The highest BCUT2D eigenvalue weighted by Gasteiger charge is 2.39. The van der Waals surface area contributed by atoms with Crippen LogP contribution in [0, 0.1) is 22.7 Å². The summed E-state index contributed by atoms with van der Waals surface area (Å²) in [5.74, 6) is -0.0106. The van der Waals surface area contributed by atoms with E-state index in [-0.39, 0.29) is 11.2 Å². The Morgan fingerprint density at radius 3 is 2.69 bits per heavy atom. The van der Waals surface area contributed by atoms with Crippen LogP contribution in [-0.4, -0.2) is 12.9 Å². The van der Waals surface area contributed by atoms with Crippen LogP contribution in [0.25, 0.3) is 0 Å². The van der Waals surface area contributed by atoms with E-state index in [0.29, 0.717) is 12.2 Å². The minimum atomic E-state index is -0.536. The molecule has 0 spiro atoms. The van der Waals surface area contributed by atoms with Gasteiger partial charge in [0.05, 0.1) is 18.9 Å². The molecule has 0 N–H and O–H groups in total. The number of carbonyl (C=O) groups excluding carboxylic acids is 1. The molecule has 0 fully saturated rings. The van der Waals surface area contributed by atoms with Gasteiger partial charge in [-0.1, -0.05) is 13.8 Å². The first-order valence-corrected chi connectivity index (χ1v) is 4.19. The third-order valence-corrected chi connectivity index (χ3v) is 2.39. The van der Waals surface area contributed by atoms with E-state index in [1.54, 1.807) is 7.11 Å². The van der Waals surface area contributed by atoms with Crippen LogP contribution in [0.5, 0.6) is 0 Å². The summed E-state index contributed by atoms with van der Waals surface area (Å²) in [4.78, 5) is 11.4. The van der Waals surface area contributed by atoms with E-state index in [2.05, 4.69) is 0 Å². The summed E-state index contributed by atoms with van der Waals surface area (Å²) < 4.78 is 5.02. The molecule has 3 nitrogen and oxygen atoms in total. The van der Waals surface area contributed by atoms with E-state index in [0.717, 1.165) is 0 Å². The molecule has 1 atom stereocenters. The van der Waals surface area contributed by atoms with Gasteiger partial charge < -0.3 is 4.74 Å². The van der Waals surface area contributed by atoms with Crippen LogP contribution >= 0.6 is 0 Å². The zero-order chi connectivity index (χ0) is 10.1. The number of carbonyl (C=O) groups is 1. The summed E-state index contributed by atoms with van der Waals surface area (Å²) in [5, 5.41) is 8.82. The Kier molecular flexibility index (Phi) is 2.42. The van der Waals surface area contributed by atoms with Gasteiger partial charge in [0.1, 0.15) is 5.92 Å². The monoisotopic (exact) mass is 179 g/mol. The number of methoxy groups -OCH3 is 1. The number of nitrogens with zero attached hydrogens (tertiary/aromatic N) is 1. The Balaban J connectivity index is 3.01. The van der Waals surface area contributed by atoms with Crippen molar-refractivity contribution in [1.29, 1.82) is 5.26 Å². The van der Waals surface area contributed by atoms with E-state index < -0.39 is 5.92 Å². The van der Waals surface area contributed by atoms with Crippen LogP contribution in [0.2, 0.25) is 0 Å². The van der Waals surface area contributed by atoms with Gasteiger partial charge in [0, 0.05) is 12.5 Å². The standard InChI is InChI=1S/C10H13NO2/c1-10(2)5-7(13-3)4-9(12)8(10)6-11/h4,8H,5H2,1-3H3. The van der Waals surface area contributed by atoms with Crippen LogP contribution in [0.3, 0.4) is 0 Å². The second-order valence-corrected chi connectivity index (χ2v) is 3.94. The maximum atomic E-state index is 11.4. The predicted molar refractivity (Wildman–Crippen MR) is 47.6 cm³/mol. The summed E-state index contributed by atoms with van der Waals surface area (Å²) in [6, 6.07) is 2.04. The lowest BCUT2D eigenvalue weighted by Crippen LogP contribution is -2.33. The molecule has 13 heavy (non-hydrogen) atoms. The summed E-state index contributed by atoms with van der Waals surface area (Å²) in [6.07, 6.45) is 2.08. The fourth-order valence-corrected chi connectivity index (χ4v) is 1.60. The molecule has 1 unspecified atom stereocenters. The fraction of sp³-hybridized carbons (Fsp3) is 0.600. The van der Waals surface area contributed by atoms with Crippen LogP contribution in [0.1, 0.15) is 20.3 Å². The third kappa shape index (κ3) is 1.72. The Bertz CT molecular complexity index is 297. The summed E-state index contributed by atoms with van der Waals surface area (Å²) in [5.41, 5.74) is -0.314. The first-order valence-electron chi connectivity index (χ1n) is 4.19. The van der Waals surface area contributed by atoms with E-state index in [4.69, 9.17) is 10.00 Å². The molecule has 1 aliphatic rings. The highest BCUT2D eigenvalue weighted by molar-refractivity contribution is 5.95. The van der Waals surface area contributed by atoms with Crippen molar-refractivity contribution >= 4 is 5.78 Å². The molecule has 0 aliphatic heterocycles. The maximum Gasteiger partial charge on any atom is 0.176 e. The largest absolute Gasteiger partial charge is 0.501 e. The zero-order valence-corrected chi connectivity index (χ0v) is 8.13. The molecular weight excluding hydrogens is 166 g/mol. The lowest BCUT2D eigenvalue weighted by molar-refractivity contribution is -0.120. The van der Waals surface area contributed by atoms with Gasteiger partial charge in [-0.2, -0.15) is 5.26 Å². The molecule has 1 aliphatic carbocycles. The molecule has 0 aromatic rings. The predicted octanol–water partition coefficient (Wildman–Crippen LogP) is 1.66. The summed E-state index contributed by atoms with van der Waals surface area (Å²) >= 11 is 0. The molecule has 0 saturated carbocycles. The molecule has 0 bridgehead atoms. The average molecular weight is 179 g/mol. The topological polar surface area (TPSA) is 50.1 Å². The number of rotatable bonds is 1. The maximum absolute atomic E-state index is 11.4. The molecule has 1 rings (SSSR count). The third-order valence-electron chi connectivity index (χ3n) is 2.39. The Morgan fingerprint density at radius 2 is 2.31 bits per heavy atom. The van der Waals surface area contributed by atoms with Gasteiger partial charge in [0.25, 0.3) is 0 Å². The van der Waals surface area contributed by atoms with E-state index in [1.807, 2.05) is 19.9 Å². The highest BCUT2D eigenvalue weighted by atomic mass is 16.5. The molecule has 0 radical (unpaired) electrons. The van der Waals surface area contributed by atoms with Crippen molar-refractivity contribution in [2.75, 3.05) is 7.11 Å². The van der Waals surface area contributed by atoms with Crippen molar-refractivity contribution in [2.45, 2.75) is 20.3 Å². The van der Waals surface area contributed by atoms with Crippen LogP contribution in [0.4, 0.5) is 0 Å². The first kappa shape index (κ1) is 9.79. The van der Waals surface area contributed by atoms with Crippen molar-refractivity contribution in [1.82, 2.24) is 0 Å². The van der Waals surface area contributed by atoms with Crippen LogP contribution < -0.4 is 0 Å². The number of ether oxygens (including phenoxy) is 1. The Labute approximate surface area is 78.0 Å². The van der Waals surface area contributed by atoms with Crippen molar-refractivity contribution in [2.24, 2.45) is 11.3 Å². The summed E-state index contributed by atoms with van der Waals surface area (Å²) in [6.45, 7) is 3.82. The SMILES string of the molecule is COC1=CC(=O)C(C#N)C(C)(C)C1. The van der Waals surface area contributed by atoms with Crippen LogP contribution in [-0.2, 0) is 9.53 Å². The van der Waals surface area contributed by atoms with Gasteiger partial charge in [0.15, 0.2) is 5.78 Å². The lowest BCUT2D eigenvalue weighted by Gasteiger charge is -2.32. The number of hydrogen-bond acceptors (Lipinski definition) is 3. The molecule has 0 amide bonds. The molecule has 0 aromatic heterocycles. The average Bonchev–Trinajstić information content (AvgIpc) is 2.02. The Hall–Kier alpha value is -1.30. The summed E-state index contributed by atoms with van der Waals surface area (Å²) in [7, 11) is 1.54. The number of hydrogen-bond donors (Lipinski definition) is 0. The van der Waals surface area contributed by atoms with Gasteiger partial charge in [-0.3, -0.25) is 4.79 Å². The second-order valence-electron chi connectivity index (χ2n) is 3.94. The van der Waals surface area contributed by atoms with Crippen LogP contribution in [0.15, 0.2) is 11.8 Å². The molecule has 0 heterocycles. The van der Waals surface area contributed by atoms with Gasteiger partial charge >= 0.3 is 0 Å². The van der Waals surface area contributed by atoms with E-state index >= 15 is 0 Å². The molecule has 0 aromatic carbocycles. The van der Waals surface area contributed by atoms with E-state index in [9.17, 15) is 4.79 Å². The Morgan fingerprint density at radius 1 is 1.69 bits per heavy atom. The van der Waals surface area contributed by atoms with Crippen molar-refractivity contribution in [3.8, 4) is 6.07 Å². The van der Waals surface area contributed by atoms with Gasteiger partial charge in [-0.25, -0.2) is 0 Å². The number of ketones is 1. The molecule has 0 saturated heterocycles. The zero-order valence-electron chi connectivity index (χ0n) is 8.13. The van der Waals surface area contributed by atoms with Crippen molar-refractivity contribution < 1.29 is 9.53 Å². The van der Waals surface area contributed by atoms with Crippen molar-refractivity contribution in [3.05, 3.63) is 11.8 Å².